The maximum absolute atomic E-state index is 9.52. The summed E-state index contributed by atoms with van der Waals surface area (Å²) in [5.74, 6) is 0.713. The minimum absolute atomic E-state index is 0.0281. The van der Waals surface area contributed by atoms with Crippen molar-refractivity contribution in [3.05, 3.63) is 0 Å². The quantitative estimate of drug-likeness (QED) is 0.691. The highest BCUT2D eigenvalue weighted by Gasteiger charge is 2.25. The van der Waals surface area contributed by atoms with Gasteiger partial charge in [0, 0.05) is 19.1 Å². The Bertz CT molecular complexity index is 180. The molecule has 3 nitrogen and oxygen atoms in total. The molecule has 0 aromatic rings. The van der Waals surface area contributed by atoms with Gasteiger partial charge in [-0.1, -0.05) is 6.42 Å². The Hall–Kier alpha value is -0.120. The molecule has 0 aromatic heterocycles. The van der Waals surface area contributed by atoms with Crippen molar-refractivity contribution in [2.45, 2.75) is 37.8 Å². The van der Waals surface area contributed by atoms with Gasteiger partial charge in [0.2, 0.25) is 0 Å². The van der Waals surface area contributed by atoms with Crippen molar-refractivity contribution in [2.75, 3.05) is 26.7 Å². The van der Waals surface area contributed by atoms with Crippen molar-refractivity contribution < 1.29 is 5.11 Å². The third-order valence-electron chi connectivity index (χ3n) is 3.51. The molecule has 2 unspecified atom stereocenters. The first-order chi connectivity index (χ1) is 6.74. The molecule has 2 atom stereocenters. The van der Waals surface area contributed by atoms with Gasteiger partial charge in [0.25, 0.3) is 0 Å². The van der Waals surface area contributed by atoms with Crippen LogP contribution in [0.5, 0.6) is 0 Å². The number of nitrogens with one attached hydrogen (secondary N) is 1. The standard InChI is InChI=1S/C11H22N2O/c1-13-7-10(8-13)12-6-9-3-2-4-11(14)5-9/h9-12,14H,2-8H2,1H3. The van der Waals surface area contributed by atoms with Crippen LogP contribution < -0.4 is 5.32 Å². The van der Waals surface area contributed by atoms with Crippen LogP contribution >= 0.6 is 0 Å². The van der Waals surface area contributed by atoms with Crippen LogP contribution in [-0.4, -0.2) is 48.8 Å². The van der Waals surface area contributed by atoms with E-state index in [4.69, 9.17) is 0 Å². The van der Waals surface area contributed by atoms with Crippen LogP contribution in [0.1, 0.15) is 25.7 Å². The van der Waals surface area contributed by atoms with Crippen LogP contribution in [0.2, 0.25) is 0 Å². The number of rotatable bonds is 3. The first-order valence-corrected chi connectivity index (χ1v) is 5.84. The number of likely N-dealkylation sites (tertiary alicyclic amines) is 1. The maximum Gasteiger partial charge on any atom is 0.0543 e. The molecular formula is C11H22N2O. The van der Waals surface area contributed by atoms with Gasteiger partial charge in [-0.2, -0.15) is 0 Å². The highest BCUT2D eigenvalue weighted by Crippen LogP contribution is 2.23. The largest absolute Gasteiger partial charge is 0.393 e. The van der Waals surface area contributed by atoms with Gasteiger partial charge in [-0.3, -0.25) is 0 Å². The molecular weight excluding hydrogens is 176 g/mol. The Balaban J connectivity index is 1.60. The van der Waals surface area contributed by atoms with Gasteiger partial charge in [-0.15, -0.1) is 0 Å². The van der Waals surface area contributed by atoms with E-state index in [1.54, 1.807) is 0 Å². The van der Waals surface area contributed by atoms with Gasteiger partial charge in [0.05, 0.1) is 6.10 Å². The topological polar surface area (TPSA) is 35.5 Å². The number of hydrogen-bond acceptors (Lipinski definition) is 3. The Labute approximate surface area is 86.5 Å². The predicted octanol–water partition coefficient (Wildman–Crippen LogP) is 0.441. The molecule has 1 saturated heterocycles. The van der Waals surface area contributed by atoms with Gasteiger partial charge in [-0.25, -0.2) is 0 Å². The Morgan fingerprint density at radius 3 is 2.79 bits per heavy atom. The number of likely N-dealkylation sites (N-methyl/N-ethyl adjacent to an activating group) is 1. The third kappa shape index (κ3) is 2.69. The lowest BCUT2D eigenvalue weighted by Crippen LogP contribution is -2.56. The first-order valence-electron chi connectivity index (χ1n) is 5.84. The molecule has 0 bridgehead atoms. The summed E-state index contributed by atoms with van der Waals surface area (Å²) in [6.07, 6.45) is 4.50. The zero-order chi connectivity index (χ0) is 9.97. The Morgan fingerprint density at radius 1 is 1.36 bits per heavy atom. The molecule has 0 amide bonds. The second kappa shape index (κ2) is 4.60. The smallest absolute Gasteiger partial charge is 0.0543 e. The number of aliphatic hydroxyl groups is 1. The molecule has 2 aliphatic rings. The summed E-state index contributed by atoms with van der Waals surface area (Å²) in [6.45, 7) is 3.49. The molecule has 1 aliphatic carbocycles. The van der Waals surface area contributed by atoms with E-state index in [2.05, 4.69) is 17.3 Å². The van der Waals surface area contributed by atoms with Crippen LogP contribution in [0.3, 0.4) is 0 Å². The molecule has 0 radical (unpaired) electrons. The molecule has 3 heteroatoms. The summed E-state index contributed by atoms with van der Waals surface area (Å²) in [4.78, 5) is 2.33. The van der Waals surface area contributed by atoms with Crippen molar-refractivity contribution in [2.24, 2.45) is 5.92 Å². The lowest BCUT2D eigenvalue weighted by Gasteiger charge is -2.38. The molecule has 0 aromatic carbocycles. The van der Waals surface area contributed by atoms with E-state index in [-0.39, 0.29) is 6.10 Å². The number of aliphatic hydroxyl groups excluding tert-OH is 1. The highest BCUT2D eigenvalue weighted by molar-refractivity contribution is 4.84. The fraction of sp³-hybridized carbons (Fsp3) is 1.00. The second-order valence-electron chi connectivity index (χ2n) is 5.01. The van der Waals surface area contributed by atoms with Gasteiger partial charge in [0.15, 0.2) is 0 Å². The zero-order valence-corrected chi connectivity index (χ0v) is 9.08. The molecule has 82 valence electrons. The molecule has 0 spiro atoms. The van der Waals surface area contributed by atoms with Crippen molar-refractivity contribution in [1.29, 1.82) is 0 Å². The molecule has 1 saturated carbocycles. The first kappa shape index (κ1) is 10.4. The van der Waals surface area contributed by atoms with E-state index in [1.807, 2.05) is 0 Å². The summed E-state index contributed by atoms with van der Waals surface area (Å²) < 4.78 is 0. The summed E-state index contributed by atoms with van der Waals surface area (Å²) in [7, 11) is 2.16. The average molecular weight is 198 g/mol. The van der Waals surface area contributed by atoms with E-state index in [0.717, 1.165) is 19.4 Å². The fourth-order valence-electron chi connectivity index (χ4n) is 2.61. The van der Waals surface area contributed by atoms with Crippen molar-refractivity contribution in [3.8, 4) is 0 Å². The van der Waals surface area contributed by atoms with Crippen molar-refractivity contribution in [1.82, 2.24) is 10.2 Å². The third-order valence-corrected chi connectivity index (χ3v) is 3.51. The predicted molar refractivity (Wildman–Crippen MR) is 57.3 cm³/mol. The molecule has 2 fully saturated rings. The molecule has 1 aliphatic heterocycles. The van der Waals surface area contributed by atoms with Crippen LogP contribution in [0.25, 0.3) is 0 Å². The summed E-state index contributed by atoms with van der Waals surface area (Å²) in [5, 5.41) is 13.1. The summed E-state index contributed by atoms with van der Waals surface area (Å²) in [5.41, 5.74) is 0. The lowest BCUT2D eigenvalue weighted by atomic mass is 9.87. The van der Waals surface area contributed by atoms with Crippen LogP contribution in [0.15, 0.2) is 0 Å². The van der Waals surface area contributed by atoms with Crippen molar-refractivity contribution in [3.63, 3.8) is 0 Å². The molecule has 2 N–H and O–H groups in total. The van der Waals surface area contributed by atoms with Crippen molar-refractivity contribution >= 4 is 0 Å². The zero-order valence-electron chi connectivity index (χ0n) is 9.08. The van der Waals surface area contributed by atoms with Gasteiger partial charge in [-0.05, 0) is 38.8 Å². The van der Waals surface area contributed by atoms with Gasteiger partial charge >= 0.3 is 0 Å². The minimum atomic E-state index is -0.0281. The Kier molecular flexibility index (Phi) is 3.42. The van der Waals surface area contributed by atoms with E-state index >= 15 is 0 Å². The average Bonchev–Trinajstić information content (AvgIpc) is 2.11. The second-order valence-corrected chi connectivity index (χ2v) is 5.01. The SMILES string of the molecule is CN1CC(NCC2CCCC(O)C2)C1. The van der Waals surface area contributed by atoms with Crippen LogP contribution in [-0.2, 0) is 0 Å². The monoisotopic (exact) mass is 198 g/mol. The van der Waals surface area contributed by atoms with E-state index in [0.29, 0.717) is 12.0 Å². The number of nitrogens with zero attached hydrogens (tertiary/aromatic N) is 1. The summed E-state index contributed by atoms with van der Waals surface area (Å²) in [6, 6.07) is 0.707. The lowest BCUT2D eigenvalue weighted by molar-refractivity contribution is 0.0930. The van der Waals surface area contributed by atoms with Crippen LogP contribution in [0, 0.1) is 5.92 Å². The van der Waals surface area contributed by atoms with E-state index in [9.17, 15) is 5.11 Å². The van der Waals surface area contributed by atoms with Gasteiger partial charge in [0.1, 0.15) is 0 Å². The van der Waals surface area contributed by atoms with Gasteiger partial charge < -0.3 is 15.3 Å². The van der Waals surface area contributed by atoms with Crippen LogP contribution in [0.4, 0.5) is 0 Å². The maximum atomic E-state index is 9.52. The highest BCUT2D eigenvalue weighted by atomic mass is 16.3. The normalized spacial score (nSPS) is 35.6. The molecule has 2 rings (SSSR count). The fourth-order valence-corrected chi connectivity index (χ4v) is 2.61. The molecule has 14 heavy (non-hydrogen) atoms. The van der Waals surface area contributed by atoms with E-state index in [1.165, 1.54) is 25.9 Å². The molecule has 1 heterocycles. The number of hydrogen-bond donors (Lipinski definition) is 2. The van der Waals surface area contributed by atoms with E-state index < -0.39 is 0 Å². The minimum Gasteiger partial charge on any atom is -0.393 e. The summed E-state index contributed by atoms with van der Waals surface area (Å²) >= 11 is 0. The Morgan fingerprint density at radius 2 is 2.14 bits per heavy atom.